The number of hydrogen-bond acceptors (Lipinski definition) is 9. The molecule has 0 spiro atoms. The topological polar surface area (TPSA) is 141 Å². The van der Waals surface area contributed by atoms with Gasteiger partial charge in [-0.3, -0.25) is 4.79 Å². The number of nitriles is 1. The van der Waals surface area contributed by atoms with Gasteiger partial charge in [-0.15, -0.1) is 10.2 Å². The van der Waals surface area contributed by atoms with E-state index in [-0.39, 0.29) is 11.4 Å². The van der Waals surface area contributed by atoms with Crippen LogP contribution in [-0.2, 0) is 0 Å². The molecular formula is C22H22FN9O. The van der Waals surface area contributed by atoms with E-state index in [1.165, 1.54) is 36.7 Å². The van der Waals surface area contributed by atoms with Crippen LogP contribution in [0.1, 0.15) is 29.0 Å². The number of amides is 1. The first-order chi connectivity index (χ1) is 16.1. The zero-order valence-electron chi connectivity index (χ0n) is 17.7. The van der Waals surface area contributed by atoms with E-state index in [1.54, 1.807) is 6.07 Å². The lowest BCUT2D eigenvalue weighted by molar-refractivity contribution is 0.102. The molecule has 168 valence electrons. The summed E-state index contributed by atoms with van der Waals surface area (Å²) in [5, 5.41) is 29.4. The van der Waals surface area contributed by atoms with Gasteiger partial charge in [0.1, 0.15) is 17.7 Å². The zero-order chi connectivity index (χ0) is 23.0. The van der Waals surface area contributed by atoms with Gasteiger partial charge in [0.05, 0.1) is 18.1 Å². The normalized spacial score (nSPS) is 13.7. The lowest BCUT2D eigenvalue weighted by atomic mass is 9.98. The molecule has 11 heteroatoms. The Hall–Kier alpha value is -4.17. The number of hydrogen-bond donors (Lipinski definition) is 4. The molecule has 0 aliphatic carbocycles. The third kappa shape index (κ3) is 5.96. The van der Waals surface area contributed by atoms with E-state index in [0.717, 1.165) is 25.9 Å². The van der Waals surface area contributed by atoms with Crippen molar-refractivity contribution in [2.24, 2.45) is 5.92 Å². The van der Waals surface area contributed by atoms with Crippen LogP contribution in [0.2, 0.25) is 0 Å². The van der Waals surface area contributed by atoms with Gasteiger partial charge in [0.2, 0.25) is 0 Å². The molecule has 1 aliphatic rings. The molecule has 0 radical (unpaired) electrons. The second kappa shape index (κ2) is 10.4. The van der Waals surface area contributed by atoms with Gasteiger partial charge in [0, 0.05) is 18.3 Å². The number of benzene rings is 1. The molecular weight excluding hydrogens is 425 g/mol. The minimum absolute atomic E-state index is 0.115. The number of aromatic nitrogens is 4. The predicted octanol–water partition coefficient (Wildman–Crippen LogP) is 2.68. The molecule has 0 bridgehead atoms. The Kier molecular flexibility index (Phi) is 6.96. The van der Waals surface area contributed by atoms with Crippen LogP contribution in [0.25, 0.3) is 0 Å². The molecule has 4 N–H and O–H groups in total. The Labute approximate surface area is 189 Å². The summed E-state index contributed by atoms with van der Waals surface area (Å²) in [4.78, 5) is 21.0. The highest BCUT2D eigenvalue weighted by Crippen LogP contribution is 2.22. The minimum atomic E-state index is -0.466. The maximum Gasteiger partial charge on any atom is 0.278 e. The predicted molar refractivity (Wildman–Crippen MR) is 120 cm³/mol. The molecule has 0 unspecified atom stereocenters. The Bertz CT molecular complexity index is 1140. The highest BCUT2D eigenvalue weighted by Gasteiger charge is 2.19. The summed E-state index contributed by atoms with van der Waals surface area (Å²) >= 11 is 0. The van der Waals surface area contributed by atoms with E-state index in [2.05, 4.69) is 41.4 Å². The third-order valence-corrected chi connectivity index (χ3v) is 5.17. The number of nitrogens with zero attached hydrogens (tertiary/aromatic N) is 5. The number of anilines is 4. The molecule has 10 nitrogen and oxygen atoms in total. The first kappa shape index (κ1) is 22.0. The lowest BCUT2D eigenvalue weighted by Gasteiger charge is -2.23. The molecule has 1 aromatic carbocycles. The largest absolute Gasteiger partial charge is 0.383 e. The van der Waals surface area contributed by atoms with E-state index in [4.69, 9.17) is 5.26 Å². The molecule has 1 fully saturated rings. The quantitative estimate of drug-likeness (QED) is 0.430. The van der Waals surface area contributed by atoms with Gasteiger partial charge in [-0.25, -0.2) is 14.4 Å². The van der Waals surface area contributed by atoms with Crippen molar-refractivity contribution >= 4 is 28.9 Å². The second-order valence-electron chi connectivity index (χ2n) is 7.55. The van der Waals surface area contributed by atoms with E-state index < -0.39 is 11.7 Å². The van der Waals surface area contributed by atoms with E-state index in [1.807, 2.05) is 6.07 Å². The third-order valence-electron chi connectivity index (χ3n) is 5.17. The number of carbonyl (C=O) groups excluding carboxylic acids is 1. The summed E-state index contributed by atoms with van der Waals surface area (Å²) in [7, 11) is 0. The van der Waals surface area contributed by atoms with Crippen LogP contribution in [0.3, 0.4) is 0 Å². The standard InChI is InChI=1S/C22H22FN9O/c23-15-1-3-16(4-2-15)29-22(33)21-18(27-11-14-5-7-25-8-6-14)9-19(31-32-21)30-20-13-26-17(10-24)12-28-20/h1-4,9,12-14,25H,5-8,11H2,(H,29,33)(H2,27,28,30,31). The molecule has 3 heterocycles. The lowest BCUT2D eigenvalue weighted by Crippen LogP contribution is -2.31. The number of nitrogens with one attached hydrogen (secondary N) is 4. The van der Waals surface area contributed by atoms with E-state index in [0.29, 0.717) is 35.5 Å². The van der Waals surface area contributed by atoms with Crippen LogP contribution in [0.4, 0.5) is 27.4 Å². The summed E-state index contributed by atoms with van der Waals surface area (Å²) in [6.45, 7) is 2.60. The Morgan fingerprint density at radius 3 is 2.61 bits per heavy atom. The van der Waals surface area contributed by atoms with Crippen molar-refractivity contribution in [2.45, 2.75) is 12.8 Å². The van der Waals surface area contributed by atoms with E-state index in [9.17, 15) is 9.18 Å². The van der Waals surface area contributed by atoms with Gasteiger partial charge in [-0.2, -0.15) is 5.26 Å². The average molecular weight is 447 g/mol. The van der Waals surface area contributed by atoms with Gasteiger partial charge in [0.25, 0.3) is 5.91 Å². The van der Waals surface area contributed by atoms with Crippen molar-refractivity contribution in [1.82, 2.24) is 25.5 Å². The summed E-state index contributed by atoms with van der Waals surface area (Å²) < 4.78 is 13.2. The van der Waals surface area contributed by atoms with Crippen molar-refractivity contribution in [1.29, 1.82) is 5.26 Å². The first-order valence-electron chi connectivity index (χ1n) is 10.5. The molecule has 0 saturated carbocycles. The number of carbonyl (C=O) groups is 1. The first-order valence-corrected chi connectivity index (χ1v) is 10.5. The fourth-order valence-electron chi connectivity index (χ4n) is 3.40. The second-order valence-corrected chi connectivity index (χ2v) is 7.55. The van der Waals surface area contributed by atoms with Crippen molar-refractivity contribution < 1.29 is 9.18 Å². The summed E-state index contributed by atoms with van der Waals surface area (Å²) in [5.74, 6) is 0.356. The Morgan fingerprint density at radius 1 is 1.12 bits per heavy atom. The van der Waals surface area contributed by atoms with E-state index >= 15 is 0 Å². The fraction of sp³-hybridized carbons (Fsp3) is 0.273. The molecule has 1 saturated heterocycles. The molecule has 4 rings (SSSR count). The highest BCUT2D eigenvalue weighted by atomic mass is 19.1. The van der Waals surface area contributed by atoms with Gasteiger partial charge in [-0.1, -0.05) is 0 Å². The summed E-state index contributed by atoms with van der Waals surface area (Å²) in [6.07, 6.45) is 4.83. The van der Waals surface area contributed by atoms with Crippen LogP contribution in [-0.4, -0.2) is 45.7 Å². The van der Waals surface area contributed by atoms with Crippen molar-refractivity contribution in [3.05, 3.63) is 59.9 Å². The van der Waals surface area contributed by atoms with Crippen LogP contribution >= 0.6 is 0 Å². The molecule has 0 atom stereocenters. The smallest absolute Gasteiger partial charge is 0.278 e. The molecule has 3 aromatic rings. The number of halogens is 1. The van der Waals surface area contributed by atoms with Crippen LogP contribution < -0.4 is 21.3 Å². The average Bonchev–Trinajstić information content (AvgIpc) is 2.85. The SMILES string of the molecule is N#Cc1cnc(Nc2cc(NCC3CCNCC3)c(C(=O)Nc3ccc(F)cc3)nn2)cn1. The minimum Gasteiger partial charge on any atom is -0.383 e. The van der Waals surface area contributed by atoms with Gasteiger partial charge in [-0.05, 0) is 56.1 Å². The summed E-state index contributed by atoms with van der Waals surface area (Å²) in [5.41, 5.74) is 1.27. The van der Waals surface area contributed by atoms with Crippen molar-refractivity contribution in [3.8, 4) is 6.07 Å². The zero-order valence-corrected chi connectivity index (χ0v) is 17.7. The van der Waals surface area contributed by atoms with Gasteiger partial charge in [0.15, 0.2) is 17.2 Å². The molecule has 1 aliphatic heterocycles. The van der Waals surface area contributed by atoms with Gasteiger partial charge < -0.3 is 21.3 Å². The molecule has 2 aromatic heterocycles. The Morgan fingerprint density at radius 2 is 1.91 bits per heavy atom. The van der Waals surface area contributed by atoms with Crippen molar-refractivity contribution in [3.63, 3.8) is 0 Å². The molecule has 1 amide bonds. The van der Waals surface area contributed by atoms with Crippen molar-refractivity contribution in [2.75, 3.05) is 35.6 Å². The maximum absolute atomic E-state index is 13.2. The molecule has 33 heavy (non-hydrogen) atoms. The maximum atomic E-state index is 13.2. The van der Waals surface area contributed by atoms with Crippen LogP contribution in [0.5, 0.6) is 0 Å². The number of rotatable bonds is 7. The fourth-order valence-corrected chi connectivity index (χ4v) is 3.40. The van der Waals surface area contributed by atoms with Crippen LogP contribution in [0, 0.1) is 23.1 Å². The van der Waals surface area contributed by atoms with Crippen LogP contribution in [0.15, 0.2) is 42.7 Å². The summed E-state index contributed by atoms with van der Waals surface area (Å²) in [6, 6.07) is 9.07. The highest BCUT2D eigenvalue weighted by molar-refractivity contribution is 6.06. The van der Waals surface area contributed by atoms with Gasteiger partial charge >= 0.3 is 0 Å². The Balaban J connectivity index is 1.54. The monoisotopic (exact) mass is 447 g/mol. The number of piperidine rings is 1.